The summed E-state index contributed by atoms with van der Waals surface area (Å²) in [5, 5.41) is 10.6. The van der Waals surface area contributed by atoms with Crippen molar-refractivity contribution in [3.05, 3.63) is 0 Å². The Balaban J connectivity index is 0.000000385. The average Bonchev–Trinajstić information content (AvgIpc) is 2.06. The molecule has 1 heterocycles. The molecule has 0 aromatic heterocycles. The van der Waals surface area contributed by atoms with Crippen molar-refractivity contribution >= 4 is 16.4 Å². The Labute approximate surface area is 94.9 Å². The van der Waals surface area contributed by atoms with E-state index in [1.807, 2.05) is 4.90 Å². The predicted octanol–water partition coefficient (Wildman–Crippen LogP) is -1.09. The number of piperazine rings is 1. The van der Waals surface area contributed by atoms with Crippen LogP contribution in [0.1, 0.15) is 13.8 Å². The van der Waals surface area contributed by atoms with E-state index in [-0.39, 0.29) is 5.96 Å². The van der Waals surface area contributed by atoms with E-state index < -0.39 is 10.4 Å². The van der Waals surface area contributed by atoms with Crippen molar-refractivity contribution in [2.24, 2.45) is 5.73 Å². The normalized spacial score (nSPS) is 25.6. The largest absolute Gasteiger partial charge is 0.394 e. The minimum Gasteiger partial charge on any atom is -0.370 e. The molecule has 0 aliphatic carbocycles. The van der Waals surface area contributed by atoms with Crippen LogP contribution in [0.5, 0.6) is 0 Å². The van der Waals surface area contributed by atoms with Gasteiger partial charge in [-0.15, -0.1) is 0 Å². The van der Waals surface area contributed by atoms with E-state index in [1.54, 1.807) is 0 Å². The molecule has 1 aliphatic heterocycles. The lowest BCUT2D eigenvalue weighted by Crippen LogP contribution is -2.58. The van der Waals surface area contributed by atoms with Gasteiger partial charge in [0.15, 0.2) is 5.96 Å². The van der Waals surface area contributed by atoms with Gasteiger partial charge in [0.05, 0.1) is 0 Å². The van der Waals surface area contributed by atoms with Crippen LogP contribution in [0, 0.1) is 5.41 Å². The second kappa shape index (κ2) is 5.99. The quantitative estimate of drug-likeness (QED) is 0.210. The standard InChI is InChI=1S/C7H16N4.H2O4S/c1-5-6(2)11(7(8)9)4-3-10-5;1-5(2,3)4/h5-6,10H,3-4H2,1-2H3,(H3,8,9);(H2,1,2,3,4). The molecule has 0 amide bonds. The number of nitrogens with zero attached hydrogens (tertiary/aromatic N) is 1. The highest BCUT2D eigenvalue weighted by atomic mass is 32.3. The number of nitrogens with two attached hydrogens (primary N) is 1. The van der Waals surface area contributed by atoms with Crippen LogP contribution >= 0.6 is 0 Å². The second-order valence-corrected chi connectivity index (χ2v) is 4.41. The summed E-state index contributed by atoms with van der Waals surface area (Å²) in [4.78, 5) is 1.92. The molecule has 0 radical (unpaired) electrons. The Morgan fingerprint density at radius 1 is 1.50 bits per heavy atom. The summed E-state index contributed by atoms with van der Waals surface area (Å²) in [7, 11) is -4.67. The first-order chi connectivity index (χ1) is 7.13. The maximum Gasteiger partial charge on any atom is 0.394 e. The molecule has 0 saturated carbocycles. The first-order valence-corrected chi connectivity index (χ1v) is 6.06. The van der Waals surface area contributed by atoms with Crippen molar-refractivity contribution in [3.63, 3.8) is 0 Å². The zero-order valence-electron chi connectivity index (χ0n) is 9.21. The highest BCUT2D eigenvalue weighted by Crippen LogP contribution is 2.06. The lowest BCUT2D eigenvalue weighted by atomic mass is 10.1. The summed E-state index contributed by atoms with van der Waals surface area (Å²) in [6, 6.07) is 0.758. The van der Waals surface area contributed by atoms with Crippen LogP contribution in [0.15, 0.2) is 0 Å². The molecule has 8 nitrogen and oxygen atoms in total. The van der Waals surface area contributed by atoms with Gasteiger partial charge in [-0.25, -0.2) is 0 Å². The van der Waals surface area contributed by atoms with Gasteiger partial charge < -0.3 is 16.0 Å². The van der Waals surface area contributed by atoms with Gasteiger partial charge in [-0.2, -0.15) is 8.42 Å². The van der Waals surface area contributed by atoms with Gasteiger partial charge in [0.1, 0.15) is 0 Å². The topological polar surface area (TPSA) is 140 Å². The molecule has 0 aromatic rings. The van der Waals surface area contributed by atoms with Gasteiger partial charge in [0, 0.05) is 25.2 Å². The fourth-order valence-electron chi connectivity index (χ4n) is 1.40. The fourth-order valence-corrected chi connectivity index (χ4v) is 1.40. The number of nitrogens with one attached hydrogen (secondary N) is 2. The van der Waals surface area contributed by atoms with Crippen molar-refractivity contribution in [1.29, 1.82) is 5.41 Å². The van der Waals surface area contributed by atoms with Crippen molar-refractivity contribution in [2.75, 3.05) is 13.1 Å². The molecular formula is C7H18N4O4S. The summed E-state index contributed by atoms with van der Waals surface area (Å²) in [6.07, 6.45) is 0. The van der Waals surface area contributed by atoms with E-state index in [1.165, 1.54) is 0 Å². The SMILES string of the molecule is CC1NCCN(C(=N)N)C1C.O=S(=O)(O)O. The Kier molecular flexibility index (Phi) is 5.65. The van der Waals surface area contributed by atoms with Gasteiger partial charge >= 0.3 is 10.4 Å². The van der Waals surface area contributed by atoms with Gasteiger partial charge in [-0.05, 0) is 13.8 Å². The maximum absolute atomic E-state index is 8.74. The van der Waals surface area contributed by atoms with E-state index in [9.17, 15) is 0 Å². The number of rotatable bonds is 0. The highest BCUT2D eigenvalue weighted by molar-refractivity contribution is 7.79. The lowest BCUT2D eigenvalue weighted by molar-refractivity contribution is 0.219. The molecule has 1 rings (SSSR count). The molecule has 2 atom stereocenters. The van der Waals surface area contributed by atoms with E-state index in [4.69, 9.17) is 28.7 Å². The molecule has 96 valence electrons. The van der Waals surface area contributed by atoms with Crippen LogP contribution in [-0.2, 0) is 10.4 Å². The van der Waals surface area contributed by atoms with Crippen LogP contribution in [0.2, 0.25) is 0 Å². The maximum atomic E-state index is 8.74. The molecule has 1 saturated heterocycles. The molecular weight excluding hydrogens is 236 g/mol. The molecule has 16 heavy (non-hydrogen) atoms. The number of hydrogen-bond acceptors (Lipinski definition) is 4. The van der Waals surface area contributed by atoms with E-state index >= 15 is 0 Å². The van der Waals surface area contributed by atoms with Crippen molar-refractivity contribution < 1.29 is 17.5 Å². The van der Waals surface area contributed by atoms with Crippen LogP contribution in [0.3, 0.4) is 0 Å². The van der Waals surface area contributed by atoms with Gasteiger partial charge in [-0.3, -0.25) is 14.5 Å². The van der Waals surface area contributed by atoms with Gasteiger partial charge in [0.25, 0.3) is 0 Å². The van der Waals surface area contributed by atoms with Crippen LogP contribution in [0.4, 0.5) is 0 Å². The highest BCUT2D eigenvalue weighted by Gasteiger charge is 2.24. The van der Waals surface area contributed by atoms with Crippen LogP contribution in [-0.4, -0.2) is 53.6 Å². The molecule has 2 unspecified atom stereocenters. The van der Waals surface area contributed by atoms with E-state index in [2.05, 4.69) is 19.2 Å². The third-order valence-electron chi connectivity index (χ3n) is 2.34. The zero-order valence-corrected chi connectivity index (χ0v) is 10.0. The first kappa shape index (κ1) is 15.1. The predicted molar refractivity (Wildman–Crippen MR) is 59.7 cm³/mol. The smallest absolute Gasteiger partial charge is 0.370 e. The molecule has 1 aliphatic rings. The average molecular weight is 254 g/mol. The first-order valence-electron chi connectivity index (χ1n) is 4.67. The molecule has 1 fully saturated rings. The molecule has 9 heteroatoms. The summed E-state index contributed by atoms with van der Waals surface area (Å²) < 4.78 is 31.6. The zero-order chi connectivity index (χ0) is 12.9. The van der Waals surface area contributed by atoms with E-state index in [0.717, 1.165) is 13.1 Å². The fraction of sp³-hybridized carbons (Fsp3) is 0.857. The summed E-state index contributed by atoms with van der Waals surface area (Å²) in [6.45, 7) is 5.96. The van der Waals surface area contributed by atoms with Gasteiger partial charge in [-0.1, -0.05) is 0 Å². The third-order valence-corrected chi connectivity index (χ3v) is 2.34. The van der Waals surface area contributed by atoms with Crippen molar-refractivity contribution in [3.8, 4) is 0 Å². The monoisotopic (exact) mass is 254 g/mol. The number of hydrogen-bond donors (Lipinski definition) is 5. The Hall–Kier alpha value is -0.900. The van der Waals surface area contributed by atoms with E-state index in [0.29, 0.717) is 12.1 Å². The minimum atomic E-state index is -4.67. The summed E-state index contributed by atoms with van der Waals surface area (Å²) >= 11 is 0. The van der Waals surface area contributed by atoms with Crippen molar-refractivity contribution in [1.82, 2.24) is 10.2 Å². The summed E-state index contributed by atoms with van der Waals surface area (Å²) in [5.74, 6) is 0.186. The van der Waals surface area contributed by atoms with Crippen LogP contribution < -0.4 is 11.1 Å². The number of guanidine groups is 1. The molecule has 6 N–H and O–H groups in total. The van der Waals surface area contributed by atoms with Crippen molar-refractivity contribution in [2.45, 2.75) is 25.9 Å². The molecule has 0 bridgehead atoms. The van der Waals surface area contributed by atoms with Crippen LogP contribution in [0.25, 0.3) is 0 Å². The minimum absolute atomic E-state index is 0.186. The van der Waals surface area contributed by atoms with Gasteiger partial charge in [0.2, 0.25) is 0 Å². The second-order valence-electron chi connectivity index (χ2n) is 3.51. The third kappa shape index (κ3) is 6.56. The Morgan fingerprint density at radius 2 is 1.94 bits per heavy atom. The summed E-state index contributed by atoms with van der Waals surface area (Å²) in [5.41, 5.74) is 5.40. The molecule has 0 spiro atoms. The molecule has 0 aromatic carbocycles. The Bertz CT molecular complexity index is 323. The Morgan fingerprint density at radius 3 is 2.25 bits per heavy atom. The lowest BCUT2D eigenvalue weighted by Gasteiger charge is -2.38.